The highest BCUT2D eigenvalue weighted by Crippen LogP contribution is 2.61. The molecule has 1 aromatic carbocycles. The first-order chi connectivity index (χ1) is 13.0. The van der Waals surface area contributed by atoms with Crippen LogP contribution >= 0.6 is 0 Å². The lowest BCUT2D eigenvalue weighted by Crippen LogP contribution is -2.49. The molecule has 1 unspecified atom stereocenters. The van der Waals surface area contributed by atoms with E-state index in [4.69, 9.17) is 0 Å². The fourth-order valence-corrected chi connectivity index (χ4v) is 6.80. The van der Waals surface area contributed by atoms with Crippen LogP contribution in [0.15, 0.2) is 24.3 Å². The van der Waals surface area contributed by atoms with Crippen LogP contribution in [0.4, 0.5) is 10.1 Å². The maximum atomic E-state index is 13.1. The van der Waals surface area contributed by atoms with Gasteiger partial charge in [0.25, 0.3) is 0 Å². The standard InChI is InChI=1S/C22H27FN2O2/c23-17-1-3-19(4-2-17)25-13-18(8-21(25)27)24-20(26)12-22-9-14-5-15(10-22)7-16(6-14)11-22/h1-4,14-16,18H,5-13H2,(H,24,26). The number of anilines is 1. The zero-order valence-electron chi connectivity index (χ0n) is 15.6. The first-order valence-electron chi connectivity index (χ1n) is 10.3. The van der Waals surface area contributed by atoms with Crippen molar-refractivity contribution in [2.75, 3.05) is 11.4 Å². The van der Waals surface area contributed by atoms with Gasteiger partial charge in [0.05, 0.1) is 6.04 Å². The van der Waals surface area contributed by atoms with Crippen molar-refractivity contribution in [3.63, 3.8) is 0 Å². The largest absolute Gasteiger partial charge is 0.351 e. The Hall–Kier alpha value is -1.91. The summed E-state index contributed by atoms with van der Waals surface area (Å²) in [4.78, 5) is 26.8. The van der Waals surface area contributed by atoms with Crippen molar-refractivity contribution in [3.8, 4) is 0 Å². The number of nitrogens with zero attached hydrogens (tertiary/aromatic N) is 1. The summed E-state index contributed by atoms with van der Waals surface area (Å²) < 4.78 is 13.1. The molecule has 4 saturated carbocycles. The molecule has 1 saturated heterocycles. The smallest absolute Gasteiger partial charge is 0.229 e. The number of amides is 2. The average molecular weight is 370 g/mol. The Labute approximate surface area is 159 Å². The molecule has 144 valence electrons. The summed E-state index contributed by atoms with van der Waals surface area (Å²) in [6.45, 7) is 0.469. The van der Waals surface area contributed by atoms with E-state index in [1.165, 1.54) is 50.7 Å². The van der Waals surface area contributed by atoms with Gasteiger partial charge in [0.2, 0.25) is 11.8 Å². The molecule has 1 aliphatic heterocycles. The molecule has 27 heavy (non-hydrogen) atoms. The number of hydrogen-bond acceptors (Lipinski definition) is 2. The van der Waals surface area contributed by atoms with Gasteiger partial charge in [0, 0.05) is 25.1 Å². The van der Waals surface area contributed by atoms with Gasteiger partial charge < -0.3 is 10.2 Å². The van der Waals surface area contributed by atoms with Crippen molar-refractivity contribution in [1.29, 1.82) is 0 Å². The predicted octanol–water partition coefficient (Wildman–Crippen LogP) is 3.65. The molecule has 4 nitrogen and oxygen atoms in total. The third-order valence-electron chi connectivity index (χ3n) is 7.33. The average Bonchev–Trinajstić information content (AvgIpc) is 2.93. The minimum atomic E-state index is -0.314. The summed E-state index contributed by atoms with van der Waals surface area (Å²) in [7, 11) is 0. The number of nitrogens with one attached hydrogen (secondary N) is 1. The zero-order chi connectivity index (χ0) is 18.6. The summed E-state index contributed by atoms with van der Waals surface area (Å²) in [5.41, 5.74) is 0.914. The van der Waals surface area contributed by atoms with E-state index < -0.39 is 0 Å². The van der Waals surface area contributed by atoms with E-state index in [0.29, 0.717) is 25.1 Å². The van der Waals surface area contributed by atoms with E-state index in [1.807, 2.05) is 0 Å². The molecule has 1 N–H and O–H groups in total. The molecule has 0 aromatic heterocycles. The van der Waals surface area contributed by atoms with E-state index in [0.717, 1.165) is 17.8 Å². The van der Waals surface area contributed by atoms with Crippen LogP contribution < -0.4 is 10.2 Å². The maximum absolute atomic E-state index is 13.1. The molecule has 1 aromatic rings. The third kappa shape index (κ3) is 3.26. The van der Waals surface area contributed by atoms with Crippen molar-refractivity contribution < 1.29 is 14.0 Å². The molecule has 5 heteroatoms. The Morgan fingerprint density at radius 3 is 2.26 bits per heavy atom. The summed E-state index contributed by atoms with van der Waals surface area (Å²) >= 11 is 0. The highest BCUT2D eigenvalue weighted by Gasteiger charge is 2.51. The SMILES string of the molecule is O=C(CC12CC3CC(CC(C3)C1)C2)NC1CC(=O)N(c2ccc(F)cc2)C1. The second-order valence-electron chi connectivity index (χ2n) is 9.54. The first kappa shape index (κ1) is 17.2. The number of benzene rings is 1. The monoisotopic (exact) mass is 370 g/mol. The van der Waals surface area contributed by atoms with Gasteiger partial charge in [-0.3, -0.25) is 9.59 Å². The lowest BCUT2D eigenvalue weighted by molar-refractivity contribution is -0.130. The van der Waals surface area contributed by atoms with Crippen LogP contribution in [0.5, 0.6) is 0 Å². The van der Waals surface area contributed by atoms with Gasteiger partial charge in [-0.2, -0.15) is 0 Å². The minimum absolute atomic E-state index is 0.0123. The van der Waals surface area contributed by atoms with E-state index in [-0.39, 0.29) is 29.1 Å². The zero-order valence-corrected chi connectivity index (χ0v) is 15.6. The normalized spacial score (nSPS) is 37.1. The fraction of sp³-hybridized carbons (Fsp3) is 0.636. The summed E-state index contributed by atoms with van der Waals surface area (Å²) in [5, 5.41) is 3.12. The number of carbonyl (C=O) groups is 2. The Kier molecular flexibility index (Phi) is 4.03. The second kappa shape index (κ2) is 6.32. The van der Waals surface area contributed by atoms with Crippen molar-refractivity contribution in [2.45, 2.75) is 57.4 Å². The van der Waals surface area contributed by atoms with E-state index in [9.17, 15) is 14.0 Å². The number of hydrogen-bond donors (Lipinski definition) is 1. The van der Waals surface area contributed by atoms with Crippen LogP contribution in [0.25, 0.3) is 0 Å². The summed E-state index contributed by atoms with van der Waals surface area (Å²) in [6.07, 6.45) is 8.74. The first-order valence-corrected chi connectivity index (χ1v) is 10.3. The maximum Gasteiger partial charge on any atom is 0.229 e. The van der Waals surface area contributed by atoms with E-state index >= 15 is 0 Å². The molecule has 2 amide bonds. The van der Waals surface area contributed by atoms with Crippen LogP contribution in [0.1, 0.15) is 51.4 Å². The number of carbonyl (C=O) groups excluding carboxylic acids is 2. The molecule has 0 radical (unpaired) electrons. The molecule has 5 fully saturated rings. The predicted molar refractivity (Wildman–Crippen MR) is 101 cm³/mol. The van der Waals surface area contributed by atoms with Crippen molar-refractivity contribution in [2.24, 2.45) is 23.2 Å². The molecule has 1 atom stereocenters. The van der Waals surface area contributed by atoms with Crippen molar-refractivity contribution in [3.05, 3.63) is 30.1 Å². The van der Waals surface area contributed by atoms with Gasteiger partial charge in [0.1, 0.15) is 5.82 Å². The highest BCUT2D eigenvalue weighted by molar-refractivity contribution is 5.96. The third-order valence-corrected chi connectivity index (χ3v) is 7.33. The Morgan fingerprint density at radius 1 is 1.07 bits per heavy atom. The van der Waals surface area contributed by atoms with Gasteiger partial charge in [-0.25, -0.2) is 4.39 Å². The molecule has 4 bridgehead atoms. The van der Waals surface area contributed by atoms with Gasteiger partial charge in [0.15, 0.2) is 0 Å². The van der Waals surface area contributed by atoms with E-state index in [1.54, 1.807) is 17.0 Å². The quantitative estimate of drug-likeness (QED) is 0.879. The summed E-state index contributed by atoms with van der Waals surface area (Å²) in [6, 6.07) is 5.81. The number of halogens is 1. The highest BCUT2D eigenvalue weighted by atomic mass is 19.1. The second-order valence-corrected chi connectivity index (χ2v) is 9.54. The van der Waals surface area contributed by atoms with Crippen LogP contribution in [-0.4, -0.2) is 24.4 Å². The van der Waals surface area contributed by atoms with Gasteiger partial charge in [-0.15, -0.1) is 0 Å². The molecule has 0 spiro atoms. The van der Waals surface area contributed by atoms with Crippen LogP contribution in [0.3, 0.4) is 0 Å². The van der Waals surface area contributed by atoms with Crippen LogP contribution in [0.2, 0.25) is 0 Å². The lowest BCUT2D eigenvalue weighted by Gasteiger charge is -2.56. The van der Waals surface area contributed by atoms with E-state index in [2.05, 4.69) is 5.32 Å². The van der Waals surface area contributed by atoms with Gasteiger partial charge >= 0.3 is 0 Å². The Balaban J connectivity index is 1.21. The Bertz CT molecular complexity index is 725. The topological polar surface area (TPSA) is 49.4 Å². The van der Waals surface area contributed by atoms with Crippen molar-refractivity contribution in [1.82, 2.24) is 5.32 Å². The van der Waals surface area contributed by atoms with Crippen LogP contribution in [-0.2, 0) is 9.59 Å². The Morgan fingerprint density at radius 2 is 1.67 bits per heavy atom. The molecule has 1 heterocycles. The van der Waals surface area contributed by atoms with Gasteiger partial charge in [-0.05, 0) is 86.0 Å². The molecular formula is C22H27FN2O2. The minimum Gasteiger partial charge on any atom is -0.351 e. The van der Waals surface area contributed by atoms with Crippen LogP contribution in [0, 0.1) is 29.0 Å². The summed E-state index contributed by atoms with van der Waals surface area (Å²) in [5.74, 6) is 2.30. The van der Waals surface area contributed by atoms with Crippen molar-refractivity contribution >= 4 is 17.5 Å². The number of rotatable bonds is 4. The molecule has 6 rings (SSSR count). The fourth-order valence-electron chi connectivity index (χ4n) is 6.80. The molecular weight excluding hydrogens is 343 g/mol. The molecule has 5 aliphatic rings. The van der Waals surface area contributed by atoms with Gasteiger partial charge in [-0.1, -0.05) is 0 Å². The lowest BCUT2D eigenvalue weighted by atomic mass is 9.49. The molecule has 4 aliphatic carbocycles.